The van der Waals surface area contributed by atoms with Crippen molar-refractivity contribution in [2.45, 2.75) is 228 Å². The second kappa shape index (κ2) is 21.8. The molecule has 73 heavy (non-hydrogen) atoms. The molecule has 0 aromatic heterocycles. The second-order valence-corrected chi connectivity index (χ2v) is 23.2. The lowest BCUT2D eigenvalue weighted by molar-refractivity contribution is -0.387. The van der Waals surface area contributed by atoms with E-state index in [4.69, 9.17) is 42.6 Å². The number of ether oxygens (including phenoxy) is 9. The van der Waals surface area contributed by atoms with E-state index in [9.17, 15) is 66.1 Å². The third-order valence-corrected chi connectivity index (χ3v) is 18.7. The number of allylic oxidation sites excluding steroid dienone is 2. The van der Waals surface area contributed by atoms with Crippen molar-refractivity contribution in [1.82, 2.24) is 0 Å². The molecule has 12 N–H and O–H groups in total. The van der Waals surface area contributed by atoms with E-state index in [0.717, 1.165) is 43.4 Å². The van der Waals surface area contributed by atoms with Crippen molar-refractivity contribution in [3.05, 3.63) is 23.0 Å². The second-order valence-electron chi connectivity index (χ2n) is 23.2. The zero-order valence-corrected chi connectivity index (χ0v) is 42.4. The average molecular weight is 1050 g/mol. The van der Waals surface area contributed by atoms with Crippen molar-refractivity contribution in [3.63, 3.8) is 0 Å². The Balaban J connectivity index is 0.865. The Hall–Kier alpha value is -1.85. The maximum Gasteiger partial charge on any atom is 0.187 e. The molecule has 7 fully saturated rings. The Kier molecular flexibility index (Phi) is 16.7. The van der Waals surface area contributed by atoms with Crippen LogP contribution in [0.3, 0.4) is 0 Å². The number of rotatable bonds is 14. The van der Waals surface area contributed by atoms with Crippen molar-refractivity contribution in [2.24, 2.45) is 40.4 Å². The molecule has 4 saturated heterocycles. The Morgan fingerprint density at radius 3 is 1.92 bits per heavy atom. The predicted molar refractivity (Wildman–Crippen MR) is 248 cm³/mol. The van der Waals surface area contributed by atoms with Crippen molar-refractivity contribution in [2.75, 3.05) is 19.8 Å². The van der Waals surface area contributed by atoms with Gasteiger partial charge in [-0.25, -0.2) is 0 Å². The van der Waals surface area contributed by atoms with Crippen LogP contribution in [0.2, 0.25) is 0 Å². The summed E-state index contributed by atoms with van der Waals surface area (Å²) in [6.07, 6.45) is -23.3. The van der Waals surface area contributed by atoms with Crippen LogP contribution in [0.5, 0.6) is 0 Å². The number of aliphatic hydroxyl groups excluding tert-OH is 12. The van der Waals surface area contributed by atoms with Crippen LogP contribution in [0.15, 0.2) is 23.0 Å². The zero-order valence-electron chi connectivity index (χ0n) is 42.4. The molecule has 0 unspecified atom stereocenters. The number of aliphatic hydroxyl groups is 12. The van der Waals surface area contributed by atoms with E-state index in [0.29, 0.717) is 18.3 Å². The normalized spacial score (nSPS) is 52.4. The number of hydrogen-bond acceptors (Lipinski definition) is 22. The van der Waals surface area contributed by atoms with Crippen LogP contribution in [0, 0.1) is 40.4 Å². The Bertz CT molecular complexity index is 2010. The molecule has 5 aliphatic heterocycles. The molecule has 3 saturated carbocycles. The molecule has 22 heteroatoms. The topological polar surface area (TPSA) is 343 Å². The molecule has 0 spiro atoms. The maximum atomic E-state index is 14.5. The molecular weight excluding hydrogens is 965 g/mol. The highest BCUT2D eigenvalue weighted by molar-refractivity contribution is 5.86. The summed E-state index contributed by atoms with van der Waals surface area (Å²) in [6, 6.07) is 0. The molecule has 29 atom stereocenters. The fraction of sp³-hybridized carbons (Fsp3) is 0.902. The van der Waals surface area contributed by atoms with Crippen molar-refractivity contribution >= 4 is 5.78 Å². The van der Waals surface area contributed by atoms with E-state index in [1.54, 1.807) is 0 Å². The first kappa shape index (κ1) is 55.9. The summed E-state index contributed by atoms with van der Waals surface area (Å²) in [6.45, 7) is 10.6. The van der Waals surface area contributed by atoms with Crippen molar-refractivity contribution in [1.29, 1.82) is 0 Å². The van der Waals surface area contributed by atoms with Crippen LogP contribution in [-0.2, 0) is 47.4 Å². The Labute approximate surface area is 424 Å². The van der Waals surface area contributed by atoms with Gasteiger partial charge in [-0.3, -0.25) is 4.79 Å². The van der Waals surface area contributed by atoms with E-state index < -0.39 is 148 Å². The van der Waals surface area contributed by atoms with Gasteiger partial charge < -0.3 is 104 Å². The van der Waals surface area contributed by atoms with Gasteiger partial charge in [0.05, 0.1) is 37.8 Å². The monoisotopic (exact) mass is 1040 g/mol. The van der Waals surface area contributed by atoms with Gasteiger partial charge in [0, 0.05) is 25.2 Å². The number of carbonyl (C=O) groups is 1. The molecule has 5 heterocycles. The van der Waals surface area contributed by atoms with E-state index in [-0.39, 0.29) is 54.5 Å². The quantitative estimate of drug-likeness (QED) is 0.0850. The summed E-state index contributed by atoms with van der Waals surface area (Å²) in [5.74, 6) is 1.93. The van der Waals surface area contributed by atoms with Crippen LogP contribution in [0.4, 0.5) is 0 Å². The Morgan fingerprint density at radius 1 is 0.699 bits per heavy atom. The number of ketones is 1. The number of hydrogen-bond donors (Lipinski definition) is 12. The average Bonchev–Trinajstić information content (AvgIpc) is 3.85. The van der Waals surface area contributed by atoms with Crippen LogP contribution >= 0.6 is 0 Å². The first-order valence-electron chi connectivity index (χ1n) is 26.3. The van der Waals surface area contributed by atoms with Crippen molar-refractivity contribution < 1.29 is 109 Å². The zero-order chi connectivity index (χ0) is 52.7. The standard InChI is InChI=1S/C51H80O22/c1-19(18-65-46-40(61)39(60)36(57)31(16-52)70-46)7-10-28-20(2)33-30(68-28)14-26-24-9-8-23-13-29(27(54)15-51(23,6)25(24)11-12-50(26,33)5)69-49-45(73-48-42(63)38(59)35(56)22(4)67-48)43(64)44(32(17-53)71-49)72-47-41(62)37(58)34(55)21(3)66-47/h8,19,21-22,24-26,29-49,52-53,55-64H,7,9-18H2,1-6H3/t19-,21-,22-,24+,25-,26-,29+,30-,31+,32+,33-,34-,35-,36+,37+,38+,39-,40+,41+,42+,43-,44+,45+,46+,47-,48-,49+,50-,51-/m0/s1. The number of Topliss-reactive ketones (excluding diaryl/α,β-unsaturated/α-hetero) is 1. The van der Waals surface area contributed by atoms with Gasteiger partial charge in [0.15, 0.2) is 30.9 Å². The van der Waals surface area contributed by atoms with Gasteiger partial charge in [-0.05, 0) is 93.0 Å². The lowest BCUT2D eigenvalue weighted by Crippen LogP contribution is -2.66. The summed E-state index contributed by atoms with van der Waals surface area (Å²) in [5.41, 5.74) is 1.84. The molecule has 0 aromatic rings. The molecule has 0 bridgehead atoms. The van der Waals surface area contributed by atoms with Crippen LogP contribution in [-0.4, -0.2) is 222 Å². The lowest BCUT2D eigenvalue weighted by atomic mass is 9.47. The highest BCUT2D eigenvalue weighted by atomic mass is 16.8. The van der Waals surface area contributed by atoms with E-state index in [2.05, 4.69) is 26.8 Å². The van der Waals surface area contributed by atoms with Crippen LogP contribution in [0.1, 0.15) is 92.9 Å². The highest BCUT2D eigenvalue weighted by Gasteiger charge is 2.65. The maximum absolute atomic E-state index is 14.5. The largest absolute Gasteiger partial charge is 0.494 e. The third-order valence-electron chi connectivity index (χ3n) is 18.7. The summed E-state index contributed by atoms with van der Waals surface area (Å²) in [5, 5.41) is 126. The minimum atomic E-state index is -1.81. The molecule has 9 rings (SSSR count). The molecule has 416 valence electrons. The summed E-state index contributed by atoms with van der Waals surface area (Å²) in [4.78, 5) is 14.5. The summed E-state index contributed by atoms with van der Waals surface area (Å²) in [7, 11) is 0. The molecule has 0 radical (unpaired) electrons. The van der Waals surface area contributed by atoms with Gasteiger partial charge in [-0.15, -0.1) is 0 Å². The van der Waals surface area contributed by atoms with Crippen LogP contribution < -0.4 is 0 Å². The van der Waals surface area contributed by atoms with Gasteiger partial charge in [0.25, 0.3) is 0 Å². The van der Waals surface area contributed by atoms with E-state index in [1.165, 1.54) is 19.4 Å². The van der Waals surface area contributed by atoms with Crippen molar-refractivity contribution in [3.8, 4) is 0 Å². The first-order valence-corrected chi connectivity index (χ1v) is 26.3. The van der Waals surface area contributed by atoms with E-state index >= 15 is 0 Å². The fourth-order valence-electron chi connectivity index (χ4n) is 14.3. The minimum absolute atomic E-state index is 0.0252. The van der Waals surface area contributed by atoms with Gasteiger partial charge in [-0.2, -0.15) is 0 Å². The lowest BCUT2D eigenvalue weighted by Gasteiger charge is -2.57. The number of carbonyl (C=O) groups excluding carboxylic acids is 1. The SMILES string of the molecule is CC1=C(CC[C@H](C)CO[C@@H]2O[C@H](CO)[C@@H](O)[C@H](O)[C@H]2O)O[C@H]2C[C@H]3[C@@H]4CC=C5C[C@@H](O[C@@H]6O[C@H](CO)[C@@H](O[C@@H]7O[C@@H](C)[C@H](O)[C@@H](O)[C@H]7O)[C@H](O)[C@H]6O[C@@H]6O[C@@H](C)[C@H](O)[C@@H](O)[C@H]6O)C(=O)C[C@]5(C)[C@H]4CC[C@]3(C)[C@@H]12. The van der Waals surface area contributed by atoms with Gasteiger partial charge in [-0.1, -0.05) is 32.4 Å². The summed E-state index contributed by atoms with van der Waals surface area (Å²) >= 11 is 0. The predicted octanol–water partition coefficient (Wildman–Crippen LogP) is -1.85. The highest BCUT2D eigenvalue weighted by Crippen LogP contribution is 2.69. The van der Waals surface area contributed by atoms with Crippen LogP contribution in [0.25, 0.3) is 0 Å². The van der Waals surface area contributed by atoms with E-state index in [1.807, 2.05) is 6.92 Å². The molecule has 4 aliphatic carbocycles. The molecular formula is C51H80O22. The molecule has 22 nitrogen and oxygen atoms in total. The minimum Gasteiger partial charge on any atom is -0.494 e. The first-order chi connectivity index (χ1) is 34.5. The molecule has 0 amide bonds. The third kappa shape index (κ3) is 10.0. The number of fused-ring (bicyclic) bond motifs is 7. The van der Waals surface area contributed by atoms with Gasteiger partial charge in [0.1, 0.15) is 97.7 Å². The molecule has 9 aliphatic rings. The molecule has 0 aromatic carbocycles. The summed E-state index contributed by atoms with van der Waals surface area (Å²) < 4.78 is 54.2. The van der Waals surface area contributed by atoms with Gasteiger partial charge in [0.2, 0.25) is 0 Å². The van der Waals surface area contributed by atoms with Gasteiger partial charge >= 0.3 is 0 Å². The fourth-order valence-corrected chi connectivity index (χ4v) is 14.3. The Morgan fingerprint density at radius 2 is 1.29 bits per heavy atom. The smallest absolute Gasteiger partial charge is 0.187 e.